The average molecular weight is 412 g/mol. The SMILES string of the molecule is C[C@H]1CC[C@]2(F)C3CC[C@@]4(C)C(CC[C@@H]4C(=O)Cn4cnc(C#N)c4)C3CC[C@@H]2C1. The van der Waals surface area contributed by atoms with Gasteiger partial charge in [0.1, 0.15) is 11.7 Å². The van der Waals surface area contributed by atoms with Crippen LogP contribution < -0.4 is 0 Å². The summed E-state index contributed by atoms with van der Waals surface area (Å²) < 4.78 is 18.1. The van der Waals surface area contributed by atoms with E-state index in [1.165, 1.54) is 0 Å². The van der Waals surface area contributed by atoms with E-state index in [-0.39, 0.29) is 29.0 Å². The number of nitriles is 1. The number of aromatic nitrogens is 2. The summed E-state index contributed by atoms with van der Waals surface area (Å²) >= 11 is 0. The molecule has 1 heterocycles. The predicted molar refractivity (Wildman–Crippen MR) is 112 cm³/mol. The molecule has 0 amide bonds. The Kier molecular flexibility index (Phi) is 4.84. The van der Waals surface area contributed by atoms with Gasteiger partial charge in [0.05, 0.1) is 12.9 Å². The lowest BCUT2D eigenvalue weighted by Crippen LogP contribution is -2.56. The molecule has 5 heteroatoms. The van der Waals surface area contributed by atoms with Crippen LogP contribution in [0.15, 0.2) is 12.5 Å². The minimum Gasteiger partial charge on any atom is -0.329 e. The lowest BCUT2D eigenvalue weighted by atomic mass is 9.48. The molecule has 0 saturated heterocycles. The summed E-state index contributed by atoms with van der Waals surface area (Å²) in [7, 11) is 0. The molecular weight excluding hydrogens is 377 g/mol. The first-order valence-corrected chi connectivity index (χ1v) is 12.0. The summed E-state index contributed by atoms with van der Waals surface area (Å²) in [4.78, 5) is 17.3. The number of imidazole rings is 1. The van der Waals surface area contributed by atoms with Gasteiger partial charge in [-0.2, -0.15) is 5.26 Å². The van der Waals surface area contributed by atoms with Crippen molar-refractivity contribution in [1.82, 2.24) is 9.55 Å². The van der Waals surface area contributed by atoms with Gasteiger partial charge in [0.2, 0.25) is 0 Å². The monoisotopic (exact) mass is 411 g/mol. The van der Waals surface area contributed by atoms with Crippen LogP contribution >= 0.6 is 0 Å². The fourth-order valence-electron chi connectivity index (χ4n) is 8.32. The zero-order valence-corrected chi connectivity index (χ0v) is 18.3. The molecule has 1 aromatic rings. The first-order valence-electron chi connectivity index (χ1n) is 12.0. The van der Waals surface area contributed by atoms with Crippen LogP contribution in [0.2, 0.25) is 0 Å². The Morgan fingerprint density at radius 2 is 2.07 bits per heavy atom. The van der Waals surface area contributed by atoms with Crippen LogP contribution in [0.25, 0.3) is 0 Å². The number of halogens is 1. The number of hydrogen-bond donors (Lipinski definition) is 0. The number of alkyl halides is 1. The van der Waals surface area contributed by atoms with Crippen LogP contribution in [0.5, 0.6) is 0 Å². The molecule has 8 atom stereocenters. The van der Waals surface area contributed by atoms with E-state index in [4.69, 9.17) is 5.26 Å². The molecule has 4 fully saturated rings. The Morgan fingerprint density at radius 1 is 1.23 bits per heavy atom. The minimum atomic E-state index is -0.955. The molecule has 1 aromatic heterocycles. The van der Waals surface area contributed by atoms with E-state index in [0.717, 1.165) is 57.8 Å². The van der Waals surface area contributed by atoms with Gasteiger partial charge < -0.3 is 4.57 Å². The zero-order chi connectivity index (χ0) is 21.1. The number of ketones is 1. The van der Waals surface area contributed by atoms with E-state index in [1.807, 2.05) is 6.07 Å². The number of carbonyl (C=O) groups is 1. The molecule has 0 bridgehead atoms. The van der Waals surface area contributed by atoms with Gasteiger partial charge in [0.25, 0.3) is 0 Å². The molecule has 0 radical (unpaired) electrons. The van der Waals surface area contributed by atoms with Gasteiger partial charge in [0.15, 0.2) is 11.5 Å². The largest absolute Gasteiger partial charge is 0.329 e. The second-order valence-electron chi connectivity index (χ2n) is 11.1. The van der Waals surface area contributed by atoms with Crippen LogP contribution in [0, 0.1) is 52.3 Å². The number of fused-ring (bicyclic) bond motifs is 5. The second kappa shape index (κ2) is 7.18. The standard InChI is InChI=1S/C25H34FN3O/c1-16-7-10-25(26)17(11-16)3-4-19-20-5-6-22(24(20,2)9-8-21(19)25)23(30)14-29-13-18(12-27)28-15-29/h13,15-17,19-22H,3-11,14H2,1-2H3/t16-,17+,19?,20?,21?,22+,24-,25+/m0/s1. The molecule has 4 saturated carbocycles. The van der Waals surface area contributed by atoms with Crippen LogP contribution in [-0.2, 0) is 11.3 Å². The van der Waals surface area contributed by atoms with E-state index >= 15 is 4.39 Å². The molecular formula is C25H34FN3O. The van der Waals surface area contributed by atoms with E-state index < -0.39 is 5.67 Å². The molecule has 0 aliphatic heterocycles. The number of rotatable bonds is 3. The van der Waals surface area contributed by atoms with E-state index in [1.54, 1.807) is 17.1 Å². The van der Waals surface area contributed by atoms with Gasteiger partial charge in [-0.15, -0.1) is 0 Å². The van der Waals surface area contributed by atoms with Crippen molar-refractivity contribution in [2.75, 3.05) is 0 Å². The fourth-order valence-corrected chi connectivity index (χ4v) is 8.32. The summed E-state index contributed by atoms with van der Waals surface area (Å²) in [5.74, 6) is 2.39. The third-order valence-corrected chi connectivity index (χ3v) is 9.76. The van der Waals surface area contributed by atoms with Crippen LogP contribution in [-0.4, -0.2) is 21.0 Å². The zero-order valence-electron chi connectivity index (χ0n) is 18.3. The maximum Gasteiger partial charge on any atom is 0.158 e. The fraction of sp³-hybridized carbons (Fsp3) is 0.800. The first kappa shape index (κ1) is 20.2. The molecule has 0 aromatic carbocycles. The van der Waals surface area contributed by atoms with Crippen molar-refractivity contribution >= 4 is 5.78 Å². The Labute approximate surface area is 179 Å². The molecule has 162 valence electrons. The second-order valence-corrected chi connectivity index (χ2v) is 11.1. The molecule has 0 spiro atoms. The smallest absolute Gasteiger partial charge is 0.158 e. The highest BCUT2D eigenvalue weighted by molar-refractivity contribution is 5.82. The summed E-state index contributed by atoms with van der Waals surface area (Å²) in [5, 5.41) is 8.98. The maximum atomic E-state index is 16.4. The Hall–Kier alpha value is -1.70. The van der Waals surface area contributed by atoms with Gasteiger partial charge in [-0.05, 0) is 92.8 Å². The van der Waals surface area contributed by atoms with Gasteiger partial charge >= 0.3 is 0 Å². The van der Waals surface area contributed by atoms with Crippen molar-refractivity contribution in [2.24, 2.45) is 40.9 Å². The third kappa shape index (κ3) is 2.97. The van der Waals surface area contributed by atoms with Gasteiger partial charge in [0, 0.05) is 12.1 Å². The highest BCUT2D eigenvalue weighted by Gasteiger charge is 2.62. The van der Waals surface area contributed by atoms with Gasteiger partial charge in [-0.25, -0.2) is 9.37 Å². The summed E-state index contributed by atoms with van der Waals surface area (Å²) in [6.07, 6.45) is 12.2. The average Bonchev–Trinajstić information content (AvgIpc) is 3.32. The van der Waals surface area contributed by atoms with Crippen molar-refractivity contribution < 1.29 is 9.18 Å². The van der Waals surface area contributed by atoms with Crippen molar-refractivity contribution in [3.8, 4) is 6.07 Å². The number of hydrogen-bond acceptors (Lipinski definition) is 3. The summed E-state index contributed by atoms with van der Waals surface area (Å²) in [6, 6.07) is 2.02. The van der Waals surface area contributed by atoms with Crippen molar-refractivity contribution in [1.29, 1.82) is 5.26 Å². The van der Waals surface area contributed by atoms with Crippen molar-refractivity contribution in [2.45, 2.75) is 83.8 Å². The van der Waals surface area contributed by atoms with Crippen LogP contribution in [0.4, 0.5) is 4.39 Å². The molecule has 30 heavy (non-hydrogen) atoms. The highest BCUT2D eigenvalue weighted by atomic mass is 19.1. The molecule has 3 unspecified atom stereocenters. The first-order chi connectivity index (χ1) is 14.3. The van der Waals surface area contributed by atoms with Crippen LogP contribution in [0.1, 0.15) is 77.3 Å². The predicted octanol–water partition coefficient (Wildman–Crippen LogP) is 5.32. The minimum absolute atomic E-state index is 0.00203. The number of Topliss-reactive ketones (excluding diaryl/α,β-unsaturated/α-hetero) is 1. The number of nitrogens with zero attached hydrogens (tertiary/aromatic N) is 3. The van der Waals surface area contributed by atoms with Gasteiger partial charge in [-0.3, -0.25) is 4.79 Å². The third-order valence-electron chi connectivity index (χ3n) is 9.76. The molecule has 0 N–H and O–H groups in total. The normalized spacial score (nSPS) is 45.1. The van der Waals surface area contributed by atoms with Gasteiger partial charge in [-0.1, -0.05) is 13.8 Å². The van der Waals surface area contributed by atoms with E-state index in [2.05, 4.69) is 18.8 Å². The molecule has 4 aliphatic carbocycles. The Morgan fingerprint density at radius 3 is 2.83 bits per heavy atom. The Bertz CT molecular complexity index is 874. The highest BCUT2D eigenvalue weighted by Crippen LogP contribution is 2.66. The number of carbonyl (C=O) groups excluding carboxylic acids is 1. The van der Waals surface area contributed by atoms with Crippen LogP contribution in [0.3, 0.4) is 0 Å². The Balaban J connectivity index is 1.34. The van der Waals surface area contributed by atoms with E-state index in [9.17, 15) is 4.79 Å². The lowest BCUT2D eigenvalue weighted by Gasteiger charge is -2.58. The summed E-state index contributed by atoms with van der Waals surface area (Å²) in [5.41, 5.74) is -0.601. The maximum absolute atomic E-state index is 16.4. The molecule has 5 rings (SSSR count). The van der Waals surface area contributed by atoms with Crippen molar-refractivity contribution in [3.63, 3.8) is 0 Å². The molecule has 4 nitrogen and oxygen atoms in total. The quantitative estimate of drug-likeness (QED) is 0.676. The van der Waals surface area contributed by atoms with Crippen molar-refractivity contribution in [3.05, 3.63) is 18.2 Å². The lowest BCUT2D eigenvalue weighted by molar-refractivity contribution is -0.146. The molecule has 4 aliphatic rings. The topological polar surface area (TPSA) is 58.7 Å². The summed E-state index contributed by atoms with van der Waals surface area (Å²) in [6.45, 7) is 4.90. The van der Waals surface area contributed by atoms with E-state index in [0.29, 0.717) is 30.0 Å².